The zero-order valence-electron chi connectivity index (χ0n) is 13.2. The number of hydrogen-bond acceptors (Lipinski definition) is 0. The van der Waals surface area contributed by atoms with Crippen LogP contribution in [0.25, 0.3) is 27.3 Å². The summed E-state index contributed by atoms with van der Waals surface area (Å²) in [6.07, 6.45) is 2.40. The summed E-state index contributed by atoms with van der Waals surface area (Å²) < 4.78 is 5.00. The van der Waals surface area contributed by atoms with E-state index < -0.39 is 8.07 Å². The second kappa shape index (κ2) is 3.79. The van der Waals surface area contributed by atoms with Crippen molar-refractivity contribution in [2.24, 2.45) is 0 Å². The third-order valence-corrected chi connectivity index (χ3v) is 6.89. The average molecular weight is 303 g/mol. The van der Waals surface area contributed by atoms with Crippen molar-refractivity contribution in [3.63, 3.8) is 0 Å². The highest BCUT2D eigenvalue weighted by atomic mass is 28.3. The maximum absolute atomic E-state index is 2.57. The molecule has 0 amide bonds. The number of pyridine rings is 1. The van der Waals surface area contributed by atoms with Crippen molar-refractivity contribution in [3.8, 4) is 0 Å². The molecule has 3 heterocycles. The van der Waals surface area contributed by atoms with E-state index in [-0.39, 0.29) is 0 Å². The van der Waals surface area contributed by atoms with Crippen LogP contribution >= 0.6 is 0 Å². The molecule has 4 aromatic rings. The molecular weight excluding hydrogens is 284 g/mol. The first-order valence-corrected chi connectivity index (χ1v) is 11.4. The van der Waals surface area contributed by atoms with Crippen LogP contribution in [0, 0.1) is 0 Å². The minimum absolute atomic E-state index is 1.03. The molecule has 0 spiro atoms. The second-order valence-electron chi connectivity index (χ2n) is 7.40. The molecule has 0 atom stereocenters. The molecule has 1 aliphatic rings. The minimum Gasteiger partial charge on any atom is -0.227 e. The molecule has 5 rings (SSSR count). The number of imidazole rings is 1. The SMILES string of the molecule is C[Si](C)(C)c1c[n+]2c3ccccc3c3cccc4c3c2n1C4. The van der Waals surface area contributed by atoms with Gasteiger partial charge in [-0.05, 0) is 6.07 Å². The fraction of sp³-hybridized carbons (Fsp3) is 0.211. The van der Waals surface area contributed by atoms with E-state index in [0.717, 1.165) is 6.54 Å². The van der Waals surface area contributed by atoms with Gasteiger partial charge < -0.3 is 0 Å². The van der Waals surface area contributed by atoms with Gasteiger partial charge in [0.15, 0.2) is 0 Å². The van der Waals surface area contributed by atoms with Crippen molar-refractivity contribution in [1.29, 1.82) is 0 Å². The van der Waals surface area contributed by atoms with Crippen LogP contribution in [0.1, 0.15) is 5.56 Å². The van der Waals surface area contributed by atoms with Gasteiger partial charge in [0.1, 0.15) is 31.6 Å². The molecule has 0 fully saturated rings. The monoisotopic (exact) mass is 303 g/mol. The van der Waals surface area contributed by atoms with Crippen LogP contribution in [0.3, 0.4) is 0 Å². The van der Waals surface area contributed by atoms with Crippen LogP contribution in [0.5, 0.6) is 0 Å². The molecule has 2 aromatic heterocycles. The average Bonchev–Trinajstić information content (AvgIpc) is 3.03. The number of rotatable bonds is 1. The molecule has 0 bridgehead atoms. The van der Waals surface area contributed by atoms with Crippen molar-refractivity contribution in [2.45, 2.75) is 26.2 Å². The molecule has 1 aliphatic heterocycles. The fourth-order valence-electron chi connectivity index (χ4n) is 4.00. The fourth-order valence-corrected chi connectivity index (χ4v) is 5.51. The number of benzene rings is 2. The number of hydrogen-bond donors (Lipinski definition) is 0. The van der Waals surface area contributed by atoms with E-state index in [1.807, 2.05) is 0 Å². The molecule has 108 valence electrons. The highest BCUT2D eigenvalue weighted by Crippen LogP contribution is 2.33. The molecule has 0 aliphatic carbocycles. The molecule has 0 unspecified atom stereocenters. The van der Waals surface area contributed by atoms with Gasteiger partial charge in [0.05, 0.1) is 5.39 Å². The van der Waals surface area contributed by atoms with Crippen LogP contribution in [-0.2, 0) is 6.54 Å². The van der Waals surface area contributed by atoms with E-state index >= 15 is 0 Å². The quantitative estimate of drug-likeness (QED) is 0.255. The molecule has 0 saturated carbocycles. The summed E-state index contributed by atoms with van der Waals surface area (Å²) in [6, 6.07) is 15.6. The van der Waals surface area contributed by atoms with Gasteiger partial charge in [0, 0.05) is 16.3 Å². The van der Waals surface area contributed by atoms with Crippen molar-refractivity contribution >= 4 is 40.7 Å². The van der Waals surface area contributed by atoms with Gasteiger partial charge in [-0.25, -0.2) is 4.57 Å². The summed E-state index contributed by atoms with van der Waals surface area (Å²) in [6.45, 7) is 8.34. The lowest BCUT2D eigenvalue weighted by atomic mass is 10.0. The smallest absolute Gasteiger partial charge is 0.227 e. The van der Waals surface area contributed by atoms with E-state index in [1.54, 1.807) is 5.32 Å². The summed E-state index contributed by atoms with van der Waals surface area (Å²) in [5, 5.41) is 5.75. The van der Waals surface area contributed by atoms with E-state index in [9.17, 15) is 0 Å². The molecule has 3 heteroatoms. The topological polar surface area (TPSA) is 9.03 Å². The molecule has 22 heavy (non-hydrogen) atoms. The Morgan fingerprint density at radius 2 is 1.73 bits per heavy atom. The molecule has 0 saturated heterocycles. The Hall–Kier alpha value is -2.13. The van der Waals surface area contributed by atoms with Crippen molar-refractivity contribution in [2.75, 3.05) is 0 Å². The van der Waals surface area contributed by atoms with Gasteiger partial charge >= 0.3 is 0 Å². The highest BCUT2D eigenvalue weighted by molar-refractivity contribution is 6.88. The maximum Gasteiger partial charge on any atom is 0.295 e. The summed E-state index contributed by atoms with van der Waals surface area (Å²) >= 11 is 0. The molecule has 0 N–H and O–H groups in total. The molecule has 2 aromatic carbocycles. The molecular formula is C19H19N2Si+. The van der Waals surface area contributed by atoms with Crippen LogP contribution in [0.15, 0.2) is 48.7 Å². The highest BCUT2D eigenvalue weighted by Gasteiger charge is 2.35. The number of para-hydroxylation sites is 1. The first-order chi connectivity index (χ1) is 10.6. The van der Waals surface area contributed by atoms with Gasteiger partial charge in [0.2, 0.25) is 0 Å². The molecule has 2 nitrogen and oxygen atoms in total. The first-order valence-electron chi connectivity index (χ1n) is 7.93. The lowest BCUT2D eigenvalue weighted by molar-refractivity contribution is -0.478. The van der Waals surface area contributed by atoms with Gasteiger partial charge in [-0.1, -0.05) is 56.0 Å². The third kappa shape index (κ3) is 1.37. The Bertz CT molecular complexity index is 1080. The Morgan fingerprint density at radius 3 is 2.55 bits per heavy atom. The van der Waals surface area contributed by atoms with Gasteiger partial charge in [-0.2, -0.15) is 4.40 Å². The van der Waals surface area contributed by atoms with Crippen LogP contribution in [-0.4, -0.2) is 12.6 Å². The van der Waals surface area contributed by atoms with Crippen molar-refractivity contribution in [3.05, 3.63) is 54.2 Å². The van der Waals surface area contributed by atoms with Crippen LogP contribution in [0.2, 0.25) is 19.6 Å². The Morgan fingerprint density at radius 1 is 0.955 bits per heavy atom. The number of nitrogens with zero attached hydrogens (tertiary/aromatic N) is 2. The normalized spacial score (nSPS) is 14.0. The lowest BCUT2D eigenvalue weighted by Gasteiger charge is -2.12. The summed E-state index contributed by atoms with van der Waals surface area (Å²) in [7, 11) is -1.38. The summed E-state index contributed by atoms with van der Waals surface area (Å²) in [5.74, 6) is 0. The van der Waals surface area contributed by atoms with Crippen LogP contribution < -0.4 is 9.72 Å². The number of fused-ring (bicyclic) bond motifs is 3. The van der Waals surface area contributed by atoms with Gasteiger partial charge in [0.25, 0.3) is 5.65 Å². The minimum atomic E-state index is -1.38. The predicted octanol–water partition coefficient (Wildman–Crippen LogP) is 3.44. The Kier molecular flexibility index (Phi) is 2.14. The predicted molar refractivity (Wildman–Crippen MR) is 94.7 cm³/mol. The zero-order valence-corrected chi connectivity index (χ0v) is 14.2. The first kappa shape index (κ1) is 12.4. The number of aromatic nitrogens is 2. The molecule has 0 radical (unpaired) electrons. The maximum atomic E-state index is 2.57. The van der Waals surface area contributed by atoms with E-state index in [2.05, 4.69) is 77.3 Å². The van der Waals surface area contributed by atoms with Gasteiger partial charge in [-0.15, -0.1) is 0 Å². The summed E-state index contributed by atoms with van der Waals surface area (Å²) in [4.78, 5) is 0. The second-order valence-corrected chi connectivity index (χ2v) is 12.4. The summed E-state index contributed by atoms with van der Waals surface area (Å²) in [5.41, 5.74) is 4.18. The van der Waals surface area contributed by atoms with E-state index in [1.165, 1.54) is 32.9 Å². The third-order valence-electron chi connectivity index (χ3n) is 4.95. The van der Waals surface area contributed by atoms with Gasteiger partial charge in [-0.3, -0.25) is 0 Å². The van der Waals surface area contributed by atoms with E-state index in [0.29, 0.717) is 0 Å². The standard InChI is InChI=1S/C19H19N2Si/c1-22(2,3)17-12-20-16-10-5-4-8-14(16)15-9-6-7-13-11-21(17)19(20)18(13)15/h4-10,12H,11H2,1-3H3/q+1. The Balaban J connectivity index is 2.14. The zero-order chi connectivity index (χ0) is 15.1. The lowest BCUT2D eigenvalue weighted by Crippen LogP contribution is -2.43. The van der Waals surface area contributed by atoms with E-state index in [4.69, 9.17) is 0 Å². The Labute approximate surface area is 130 Å². The van der Waals surface area contributed by atoms with Crippen LogP contribution in [0.4, 0.5) is 0 Å². The largest absolute Gasteiger partial charge is 0.295 e. The van der Waals surface area contributed by atoms with Crippen molar-refractivity contribution in [1.82, 2.24) is 4.57 Å². The van der Waals surface area contributed by atoms with Crippen molar-refractivity contribution < 1.29 is 4.40 Å².